The van der Waals surface area contributed by atoms with Gasteiger partial charge in [-0.2, -0.15) is 0 Å². The van der Waals surface area contributed by atoms with E-state index in [1.807, 2.05) is 35.5 Å². The topological polar surface area (TPSA) is 74.8 Å². The van der Waals surface area contributed by atoms with Crippen molar-refractivity contribution < 1.29 is 14.3 Å². The van der Waals surface area contributed by atoms with Crippen LogP contribution in [0.15, 0.2) is 67.0 Å². The molecule has 1 N–H and O–H groups in total. The SMILES string of the molecule is CC(C)(C)OC(=O)NCC(=O)N1CCN(Cc2cccc3cnccc23)CC1Cc1ccccc1. The van der Waals surface area contributed by atoms with E-state index in [0.717, 1.165) is 31.4 Å². The molecule has 3 aromatic rings. The van der Waals surface area contributed by atoms with E-state index >= 15 is 0 Å². The third-order valence-corrected chi connectivity index (χ3v) is 6.15. The zero-order valence-corrected chi connectivity index (χ0v) is 20.7. The molecule has 1 unspecified atom stereocenters. The smallest absolute Gasteiger partial charge is 0.408 e. The van der Waals surface area contributed by atoms with Crippen molar-refractivity contribution in [2.75, 3.05) is 26.2 Å². The van der Waals surface area contributed by atoms with Crippen LogP contribution in [0.2, 0.25) is 0 Å². The van der Waals surface area contributed by atoms with Crippen molar-refractivity contribution in [3.8, 4) is 0 Å². The first-order valence-corrected chi connectivity index (χ1v) is 12.1. The van der Waals surface area contributed by atoms with Crippen LogP contribution in [0.3, 0.4) is 0 Å². The lowest BCUT2D eigenvalue weighted by Gasteiger charge is -2.42. The van der Waals surface area contributed by atoms with Gasteiger partial charge in [-0.05, 0) is 49.8 Å². The molecule has 1 aliphatic heterocycles. The van der Waals surface area contributed by atoms with Crippen molar-refractivity contribution in [1.82, 2.24) is 20.1 Å². The number of alkyl carbamates (subject to hydrolysis) is 1. The Hall–Kier alpha value is -3.45. The van der Waals surface area contributed by atoms with Crippen molar-refractivity contribution in [3.63, 3.8) is 0 Å². The summed E-state index contributed by atoms with van der Waals surface area (Å²) in [6.07, 6.45) is 3.91. The molecule has 7 nitrogen and oxygen atoms in total. The number of hydrogen-bond donors (Lipinski definition) is 1. The van der Waals surface area contributed by atoms with Gasteiger partial charge in [0.25, 0.3) is 0 Å². The number of rotatable bonds is 6. The average Bonchev–Trinajstić information content (AvgIpc) is 2.83. The van der Waals surface area contributed by atoms with Crippen LogP contribution in [0.5, 0.6) is 0 Å². The Morgan fingerprint density at radius 2 is 1.86 bits per heavy atom. The number of aromatic nitrogens is 1. The summed E-state index contributed by atoms with van der Waals surface area (Å²) >= 11 is 0. The molecule has 1 atom stereocenters. The molecule has 4 rings (SSSR count). The molecular weight excluding hydrogens is 440 g/mol. The highest BCUT2D eigenvalue weighted by Crippen LogP contribution is 2.22. The molecule has 7 heteroatoms. The van der Waals surface area contributed by atoms with Crippen molar-refractivity contribution in [2.24, 2.45) is 0 Å². The van der Waals surface area contributed by atoms with Gasteiger partial charge < -0.3 is 15.0 Å². The van der Waals surface area contributed by atoms with Crippen LogP contribution in [0.1, 0.15) is 31.9 Å². The van der Waals surface area contributed by atoms with E-state index in [-0.39, 0.29) is 18.5 Å². The first-order valence-electron chi connectivity index (χ1n) is 12.1. The fourth-order valence-electron chi connectivity index (χ4n) is 4.58. The van der Waals surface area contributed by atoms with Crippen molar-refractivity contribution in [1.29, 1.82) is 0 Å². The van der Waals surface area contributed by atoms with E-state index in [4.69, 9.17) is 4.74 Å². The van der Waals surface area contributed by atoms with Crippen molar-refractivity contribution >= 4 is 22.8 Å². The molecule has 1 aliphatic rings. The molecule has 1 saturated heterocycles. The second-order valence-corrected chi connectivity index (χ2v) is 10.0. The van der Waals surface area contributed by atoms with Crippen LogP contribution in [-0.2, 0) is 22.5 Å². The summed E-state index contributed by atoms with van der Waals surface area (Å²) in [5.41, 5.74) is 1.84. The fourth-order valence-corrected chi connectivity index (χ4v) is 4.58. The summed E-state index contributed by atoms with van der Waals surface area (Å²) in [4.78, 5) is 33.8. The minimum Gasteiger partial charge on any atom is -0.444 e. The number of carbonyl (C=O) groups excluding carboxylic acids is 2. The summed E-state index contributed by atoms with van der Waals surface area (Å²) in [7, 11) is 0. The molecule has 0 spiro atoms. The lowest BCUT2D eigenvalue weighted by atomic mass is 10.0. The van der Waals surface area contributed by atoms with Gasteiger partial charge in [0.05, 0.1) is 0 Å². The van der Waals surface area contributed by atoms with E-state index < -0.39 is 11.7 Å². The van der Waals surface area contributed by atoms with Gasteiger partial charge in [0.2, 0.25) is 5.91 Å². The summed E-state index contributed by atoms with van der Waals surface area (Å²) in [6, 6.07) is 18.6. The van der Waals surface area contributed by atoms with Crippen molar-refractivity contribution in [3.05, 3.63) is 78.1 Å². The van der Waals surface area contributed by atoms with Crippen molar-refractivity contribution in [2.45, 2.75) is 45.4 Å². The van der Waals surface area contributed by atoms with Crippen LogP contribution in [-0.4, -0.2) is 64.6 Å². The van der Waals surface area contributed by atoms with E-state index in [2.05, 4.69) is 51.6 Å². The Bertz CT molecular complexity index is 1150. The van der Waals surface area contributed by atoms with Gasteiger partial charge in [0.15, 0.2) is 0 Å². The molecule has 0 radical (unpaired) electrons. The predicted octanol–water partition coefficient (Wildman–Crippen LogP) is 4.02. The fraction of sp³-hybridized carbons (Fsp3) is 0.393. The highest BCUT2D eigenvalue weighted by atomic mass is 16.6. The first kappa shape index (κ1) is 24.7. The number of hydrogen-bond acceptors (Lipinski definition) is 5. The highest BCUT2D eigenvalue weighted by Gasteiger charge is 2.31. The lowest BCUT2D eigenvalue weighted by molar-refractivity contribution is -0.135. The van der Waals surface area contributed by atoms with Gasteiger partial charge in [-0.25, -0.2) is 4.79 Å². The lowest BCUT2D eigenvalue weighted by Crippen LogP contribution is -2.57. The van der Waals surface area contributed by atoms with Gasteiger partial charge >= 0.3 is 6.09 Å². The van der Waals surface area contributed by atoms with Crippen LogP contribution >= 0.6 is 0 Å². The molecule has 2 aromatic carbocycles. The number of amides is 2. The number of fused-ring (bicyclic) bond motifs is 1. The molecule has 35 heavy (non-hydrogen) atoms. The molecule has 1 aromatic heterocycles. The highest BCUT2D eigenvalue weighted by molar-refractivity contribution is 5.85. The van der Waals surface area contributed by atoms with Gasteiger partial charge in [0, 0.05) is 50.0 Å². The summed E-state index contributed by atoms with van der Waals surface area (Å²) in [6.45, 7) is 8.28. The van der Waals surface area contributed by atoms with E-state index in [1.165, 1.54) is 16.5 Å². The Labute approximate surface area is 207 Å². The molecule has 2 amide bonds. The molecule has 0 aliphatic carbocycles. The molecular formula is C28H34N4O3. The molecule has 0 saturated carbocycles. The van der Waals surface area contributed by atoms with Gasteiger partial charge in [0.1, 0.15) is 12.1 Å². The molecule has 1 fully saturated rings. The van der Waals surface area contributed by atoms with Crippen LogP contribution in [0.25, 0.3) is 10.8 Å². The third-order valence-electron chi connectivity index (χ3n) is 6.15. The summed E-state index contributed by atoms with van der Waals surface area (Å²) in [5.74, 6) is -0.0901. The van der Waals surface area contributed by atoms with Crippen LogP contribution in [0.4, 0.5) is 4.79 Å². The maximum atomic E-state index is 13.1. The number of benzene rings is 2. The second kappa shape index (κ2) is 10.9. The largest absolute Gasteiger partial charge is 0.444 e. The van der Waals surface area contributed by atoms with Crippen LogP contribution in [0, 0.1) is 0 Å². The zero-order chi connectivity index (χ0) is 24.8. The normalized spacial score (nSPS) is 16.8. The minimum absolute atomic E-state index is 0.00993. The number of nitrogens with one attached hydrogen (secondary N) is 1. The minimum atomic E-state index is -0.605. The third kappa shape index (κ3) is 6.79. The standard InChI is InChI=1S/C28H34N4O3/c1-28(2,3)35-27(34)30-18-26(33)32-15-14-31(20-24(32)16-21-8-5-4-6-9-21)19-23-11-7-10-22-17-29-13-12-25(22)23/h4-13,17,24H,14-16,18-20H2,1-3H3,(H,30,34). The maximum absolute atomic E-state index is 13.1. The van der Waals surface area contributed by atoms with Gasteiger partial charge in [-0.15, -0.1) is 0 Å². The summed E-state index contributed by atoms with van der Waals surface area (Å²) < 4.78 is 5.28. The van der Waals surface area contributed by atoms with Gasteiger partial charge in [-0.3, -0.25) is 14.7 Å². The predicted molar refractivity (Wildman–Crippen MR) is 137 cm³/mol. The first-order chi connectivity index (χ1) is 16.8. The Morgan fingerprint density at radius 1 is 1.06 bits per heavy atom. The molecule has 184 valence electrons. The number of ether oxygens (including phenoxy) is 1. The van der Waals surface area contributed by atoms with Crippen LogP contribution < -0.4 is 5.32 Å². The molecule has 0 bridgehead atoms. The Kier molecular flexibility index (Phi) is 7.66. The average molecular weight is 475 g/mol. The molecule has 2 heterocycles. The van der Waals surface area contributed by atoms with E-state index in [0.29, 0.717) is 6.54 Å². The van der Waals surface area contributed by atoms with E-state index in [9.17, 15) is 9.59 Å². The monoisotopic (exact) mass is 474 g/mol. The second-order valence-electron chi connectivity index (χ2n) is 10.0. The Morgan fingerprint density at radius 3 is 2.63 bits per heavy atom. The summed E-state index contributed by atoms with van der Waals surface area (Å²) in [5, 5.41) is 4.96. The number of carbonyl (C=O) groups is 2. The number of piperazine rings is 1. The Balaban J connectivity index is 1.46. The zero-order valence-electron chi connectivity index (χ0n) is 20.7. The maximum Gasteiger partial charge on any atom is 0.408 e. The number of pyridine rings is 1. The van der Waals surface area contributed by atoms with E-state index in [1.54, 1.807) is 20.8 Å². The van der Waals surface area contributed by atoms with Gasteiger partial charge in [-0.1, -0.05) is 48.5 Å². The quantitative estimate of drug-likeness (QED) is 0.584. The number of nitrogens with zero attached hydrogens (tertiary/aromatic N) is 3.